The molecule has 4 heteroatoms. The van der Waals surface area contributed by atoms with Crippen LogP contribution in [0.5, 0.6) is 5.75 Å². The third-order valence-corrected chi connectivity index (χ3v) is 2.02. The summed E-state index contributed by atoms with van der Waals surface area (Å²) in [6, 6.07) is 5.24. The molecule has 0 aromatic heterocycles. The Balaban J connectivity index is 3.08. The van der Waals surface area contributed by atoms with E-state index in [0.717, 1.165) is 0 Å². The molecular formula is C10H12ClNOS. The Labute approximate surface area is 94.0 Å². The van der Waals surface area contributed by atoms with Crippen LogP contribution in [0.4, 0.5) is 0 Å². The SMILES string of the molecule is CC(C)Oc1ccc(Cl)cc1C(N)=S. The van der Waals surface area contributed by atoms with Gasteiger partial charge in [-0.15, -0.1) is 0 Å². The summed E-state index contributed by atoms with van der Waals surface area (Å²) in [5.41, 5.74) is 6.23. The summed E-state index contributed by atoms with van der Waals surface area (Å²) in [4.78, 5) is 0.295. The van der Waals surface area contributed by atoms with Crippen molar-refractivity contribution in [3.63, 3.8) is 0 Å². The van der Waals surface area contributed by atoms with Crippen molar-refractivity contribution in [2.24, 2.45) is 5.73 Å². The summed E-state index contributed by atoms with van der Waals surface area (Å²) < 4.78 is 5.54. The Morgan fingerprint density at radius 2 is 2.14 bits per heavy atom. The van der Waals surface area contributed by atoms with Gasteiger partial charge in [0.15, 0.2) is 0 Å². The first-order chi connectivity index (χ1) is 6.50. The molecule has 0 aliphatic heterocycles. The van der Waals surface area contributed by atoms with Crippen molar-refractivity contribution in [1.82, 2.24) is 0 Å². The standard InChI is InChI=1S/C10H12ClNOS/c1-6(2)13-9-4-3-7(11)5-8(9)10(12)14/h3-6H,1-2H3,(H2,12,14). The van der Waals surface area contributed by atoms with Gasteiger partial charge in [-0.3, -0.25) is 0 Å². The van der Waals surface area contributed by atoms with Crippen LogP contribution in [0.15, 0.2) is 18.2 Å². The molecule has 2 N–H and O–H groups in total. The van der Waals surface area contributed by atoms with Gasteiger partial charge in [0.05, 0.1) is 11.7 Å². The van der Waals surface area contributed by atoms with Crippen molar-refractivity contribution in [1.29, 1.82) is 0 Å². The zero-order chi connectivity index (χ0) is 10.7. The van der Waals surface area contributed by atoms with E-state index in [0.29, 0.717) is 21.3 Å². The summed E-state index contributed by atoms with van der Waals surface area (Å²) >= 11 is 10.7. The van der Waals surface area contributed by atoms with E-state index in [1.165, 1.54) is 0 Å². The van der Waals surface area contributed by atoms with E-state index < -0.39 is 0 Å². The van der Waals surface area contributed by atoms with Crippen LogP contribution in [0.1, 0.15) is 19.4 Å². The molecule has 14 heavy (non-hydrogen) atoms. The van der Waals surface area contributed by atoms with Crippen LogP contribution in [0.3, 0.4) is 0 Å². The highest BCUT2D eigenvalue weighted by Gasteiger charge is 2.08. The van der Waals surface area contributed by atoms with Gasteiger partial charge in [0.25, 0.3) is 0 Å². The minimum Gasteiger partial charge on any atom is -0.490 e. The van der Waals surface area contributed by atoms with Crippen LogP contribution < -0.4 is 10.5 Å². The zero-order valence-corrected chi connectivity index (χ0v) is 9.65. The van der Waals surface area contributed by atoms with Gasteiger partial charge in [0.2, 0.25) is 0 Å². The fourth-order valence-corrected chi connectivity index (χ4v) is 1.38. The first-order valence-electron chi connectivity index (χ1n) is 4.26. The predicted octanol–water partition coefficient (Wildman–Crippen LogP) is 2.76. The topological polar surface area (TPSA) is 35.2 Å². The summed E-state index contributed by atoms with van der Waals surface area (Å²) in [6.45, 7) is 3.88. The monoisotopic (exact) mass is 229 g/mol. The Kier molecular flexibility index (Phi) is 3.72. The minimum absolute atomic E-state index is 0.0873. The van der Waals surface area contributed by atoms with E-state index in [4.69, 9.17) is 34.3 Å². The lowest BCUT2D eigenvalue weighted by Gasteiger charge is -2.13. The Bertz CT molecular complexity index is 352. The summed E-state index contributed by atoms with van der Waals surface area (Å²) in [5, 5.41) is 0.601. The van der Waals surface area contributed by atoms with Crippen LogP contribution in [0, 0.1) is 0 Å². The lowest BCUT2D eigenvalue weighted by molar-refractivity contribution is 0.242. The maximum atomic E-state index is 5.83. The lowest BCUT2D eigenvalue weighted by Crippen LogP contribution is -2.14. The molecule has 0 atom stereocenters. The van der Waals surface area contributed by atoms with E-state index in [1.54, 1.807) is 18.2 Å². The molecule has 0 aliphatic rings. The highest BCUT2D eigenvalue weighted by Crippen LogP contribution is 2.23. The number of thiocarbonyl (C=S) groups is 1. The Hall–Kier alpha value is -0.800. The molecule has 0 spiro atoms. The van der Waals surface area contributed by atoms with Crippen LogP contribution in [0.2, 0.25) is 5.02 Å². The number of hydrogen-bond acceptors (Lipinski definition) is 2. The van der Waals surface area contributed by atoms with Gasteiger partial charge in [0.1, 0.15) is 10.7 Å². The number of nitrogens with two attached hydrogens (primary N) is 1. The summed E-state index contributed by atoms with van der Waals surface area (Å²) in [6.07, 6.45) is 0.0873. The molecule has 76 valence electrons. The highest BCUT2D eigenvalue weighted by molar-refractivity contribution is 7.80. The molecule has 1 aromatic carbocycles. The van der Waals surface area contributed by atoms with Gasteiger partial charge in [-0.25, -0.2) is 0 Å². The molecule has 0 fully saturated rings. The van der Waals surface area contributed by atoms with E-state index in [1.807, 2.05) is 13.8 Å². The fraction of sp³-hybridized carbons (Fsp3) is 0.300. The molecular weight excluding hydrogens is 218 g/mol. The molecule has 1 rings (SSSR count). The second-order valence-electron chi connectivity index (χ2n) is 3.17. The number of hydrogen-bond donors (Lipinski definition) is 1. The number of ether oxygens (including phenoxy) is 1. The molecule has 0 radical (unpaired) electrons. The maximum Gasteiger partial charge on any atom is 0.129 e. The zero-order valence-electron chi connectivity index (χ0n) is 8.08. The summed E-state index contributed by atoms with van der Waals surface area (Å²) in [7, 11) is 0. The molecule has 0 heterocycles. The smallest absolute Gasteiger partial charge is 0.129 e. The van der Waals surface area contributed by atoms with E-state index in [9.17, 15) is 0 Å². The molecule has 0 saturated carbocycles. The van der Waals surface area contributed by atoms with Gasteiger partial charge in [-0.2, -0.15) is 0 Å². The first-order valence-corrected chi connectivity index (χ1v) is 5.05. The maximum absolute atomic E-state index is 5.83. The third kappa shape index (κ3) is 2.86. The van der Waals surface area contributed by atoms with Crippen molar-refractivity contribution in [3.8, 4) is 5.75 Å². The average molecular weight is 230 g/mol. The molecule has 2 nitrogen and oxygen atoms in total. The van der Waals surface area contributed by atoms with Gasteiger partial charge in [-0.05, 0) is 32.0 Å². The van der Waals surface area contributed by atoms with Gasteiger partial charge in [-0.1, -0.05) is 23.8 Å². The number of rotatable bonds is 3. The summed E-state index contributed by atoms with van der Waals surface area (Å²) in [5.74, 6) is 0.678. The van der Waals surface area contributed by atoms with Crippen LogP contribution >= 0.6 is 23.8 Å². The fourth-order valence-electron chi connectivity index (χ4n) is 1.05. The van der Waals surface area contributed by atoms with Gasteiger partial charge >= 0.3 is 0 Å². The largest absolute Gasteiger partial charge is 0.490 e. The lowest BCUT2D eigenvalue weighted by atomic mass is 10.2. The Morgan fingerprint density at radius 3 is 2.64 bits per heavy atom. The molecule has 0 amide bonds. The van der Waals surface area contributed by atoms with Crippen LogP contribution in [0.25, 0.3) is 0 Å². The third-order valence-electron chi connectivity index (χ3n) is 1.57. The molecule has 1 aromatic rings. The quantitative estimate of drug-likeness (QED) is 0.810. The normalized spacial score (nSPS) is 10.3. The van der Waals surface area contributed by atoms with Crippen LogP contribution in [-0.2, 0) is 0 Å². The van der Waals surface area contributed by atoms with E-state index in [-0.39, 0.29) is 6.10 Å². The van der Waals surface area contributed by atoms with E-state index >= 15 is 0 Å². The number of benzene rings is 1. The Morgan fingerprint density at radius 1 is 1.50 bits per heavy atom. The molecule has 0 unspecified atom stereocenters. The van der Waals surface area contributed by atoms with Gasteiger partial charge in [0, 0.05) is 5.02 Å². The predicted molar refractivity (Wildman–Crippen MR) is 63.1 cm³/mol. The molecule has 0 saturated heterocycles. The van der Waals surface area contributed by atoms with Crippen molar-refractivity contribution in [3.05, 3.63) is 28.8 Å². The molecule has 0 aliphatic carbocycles. The molecule has 0 bridgehead atoms. The van der Waals surface area contributed by atoms with Crippen molar-refractivity contribution in [2.75, 3.05) is 0 Å². The van der Waals surface area contributed by atoms with Crippen molar-refractivity contribution in [2.45, 2.75) is 20.0 Å². The van der Waals surface area contributed by atoms with Crippen LogP contribution in [-0.4, -0.2) is 11.1 Å². The average Bonchev–Trinajstić information content (AvgIpc) is 2.07. The van der Waals surface area contributed by atoms with E-state index in [2.05, 4.69) is 0 Å². The second kappa shape index (κ2) is 4.62. The van der Waals surface area contributed by atoms with Gasteiger partial charge < -0.3 is 10.5 Å². The minimum atomic E-state index is 0.0873. The van der Waals surface area contributed by atoms with Crippen molar-refractivity contribution < 1.29 is 4.74 Å². The number of halogens is 1. The second-order valence-corrected chi connectivity index (χ2v) is 4.05. The first kappa shape index (κ1) is 11.3. The van der Waals surface area contributed by atoms with Crippen molar-refractivity contribution >= 4 is 28.8 Å². The highest BCUT2D eigenvalue weighted by atomic mass is 35.5.